The number of aromatic nitrogens is 3. The molecule has 1 aromatic carbocycles. The fraction of sp³-hybridized carbons (Fsp3) is 0.304. The van der Waals surface area contributed by atoms with Crippen molar-refractivity contribution in [1.82, 2.24) is 19.9 Å². The smallest absolute Gasteiger partial charge is 0.226 e. The zero-order chi connectivity index (χ0) is 22.0. The lowest BCUT2D eigenvalue weighted by Gasteiger charge is -2.35. The van der Waals surface area contributed by atoms with Gasteiger partial charge in [0.05, 0.1) is 11.9 Å². The molecule has 0 N–H and O–H groups in total. The van der Waals surface area contributed by atoms with Crippen LogP contribution in [-0.4, -0.2) is 51.9 Å². The van der Waals surface area contributed by atoms with Gasteiger partial charge in [0.2, 0.25) is 11.9 Å². The second kappa shape index (κ2) is 8.98. The molecule has 2 aromatic heterocycles. The monoisotopic (exact) mass is 439 g/mol. The highest BCUT2D eigenvalue weighted by molar-refractivity contribution is 6.30. The molecule has 1 amide bonds. The van der Waals surface area contributed by atoms with Crippen molar-refractivity contribution >= 4 is 23.5 Å². The van der Waals surface area contributed by atoms with Crippen LogP contribution in [0.25, 0.3) is 22.4 Å². The van der Waals surface area contributed by atoms with Gasteiger partial charge in [0.25, 0.3) is 0 Å². The van der Waals surface area contributed by atoms with Crippen LogP contribution in [0.2, 0.25) is 5.02 Å². The topological polar surface area (TPSA) is 62.2 Å². The normalized spacial score (nSPS) is 14.2. The van der Waals surface area contributed by atoms with E-state index >= 15 is 0 Å². The standard InChI is InChI=1S/C23H23ClFN5O/c1-15(2)22(31)29-9-11-30(12-10-29)23-27-13-19(16-3-5-17(24)6-4-16)21(28-23)18-7-8-26-14-20(18)25/h3-8,13-15H,9-12H2,1-2H3. The van der Waals surface area contributed by atoms with Gasteiger partial charge in [0.15, 0.2) is 5.82 Å². The predicted molar refractivity (Wildman–Crippen MR) is 119 cm³/mol. The molecule has 1 fully saturated rings. The molecule has 1 aliphatic rings. The number of hydrogen-bond acceptors (Lipinski definition) is 5. The average molecular weight is 440 g/mol. The second-order valence-corrected chi connectivity index (χ2v) is 8.20. The SMILES string of the molecule is CC(C)C(=O)N1CCN(c2ncc(-c3ccc(Cl)cc3)c(-c3ccncc3F)n2)CC1. The predicted octanol–water partition coefficient (Wildman–Crippen LogP) is 4.30. The molecular formula is C23H23ClFN5O. The van der Waals surface area contributed by atoms with Crippen molar-refractivity contribution in [2.75, 3.05) is 31.1 Å². The molecule has 4 rings (SSSR count). The Hall–Kier alpha value is -3.06. The largest absolute Gasteiger partial charge is 0.339 e. The van der Waals surface area contributed by atoms with Gasteiger partial charge >= 0.3 is 0 Å². The van der Waals surface area contributed by atoms with Crippen LogP contribution in [0, 0.1) is 11.7 Å². The summed E-state index contributed by atoms with van der Waals surface area (Å²) in [4.78, 5) is 29.3. The maximum Gasteiger partial charge on any atom is 0.226 e. The molecule has 160 valence electrons. The molecule has 3 heterocycles. The molecule has 6 nitrogen and oxygen atoms in total. The summed E-state index contributed by atoms with van der Waals surface area (Å²) in [6.07, 6.45) is 4.44. The number of hydrogen-bond donors (Lipinski definition) is 0. The highest BCUT2D eigenvalue weighted by Crippen LogP contribution is 2.33. The van der Waals surface area contributed by atoms with Crippen molar-refractivity contribution in [1.29, 1.82) is 0 Å². The summed E-state index contributed by atoms with van der Waals surface area (Å²) in [5.41, 5.74) is 2.40. The van der Waals surface area contributed by atoms with E-state index in [1.54, 1.807) is 30.6 Å². The van der Waals surface area contributed by atoms with E-state index in [-0.39, 0.29) is 11.8 Å². The average Bonchev–Trinajstić information content (AvgIpc) is 2.79. The maximum absolute atomic E-state index is 14.6. The summed E-state index contributed by atoms with van der Waals surface area (Å²) in [6, 6.07) is 8.89. The molecule has 8 heteroatoms. The van der Waals surface area contributed by atoms with Crippen LogP contribution in [0.15, 0.2) is 48.9 Å². The number of amides is 1. The fourth-order valence-corrected chi connectivity index (χ4v) is 3.76. The van der Waals surface area contributed by atoms with E-state index in [0.29, 0.717) is 54.0 Å². The van der Waals surface area contributed by atoms with Gasteiger partial charge in [-0.25, -0.2) is 14.4 Å². The molecule has 1 aliphatic heterocycles. The number of pyridine rings is 1. The molecule has 3 aromatic rings. The molecule has 31 heavy (non-hydrogen) atoms. The first-order valence-corrected chi connectivity index (χ1v) is 10.6. The van der Waals surface area contributed by atoms with E-state index in [1.165, 1.54) is 6.20 Å². The van der Waals surface area contributed by atoms with Crippen molar-refractivity contribution in [3.8, 4) is 22.4 Å². The number of rotatable bonds is 4. The summed E-state index contributed by atoms with van der Waals surface area (Å²) in [6.45, 7) is 6.27. The third-order valence-corrected chi connectivity index (χ3v) is 5.58. The molecule has 0 spiro atoms. The van der Waals surface area contributed by atoms with Gasteiger partial charge in [0.1, 0.15) is 0 Å². The van der Waals surface area contributed by atoms with Gasteiger partial charge in [0, 0.05) is 60.6 Å². The number of carbonyl (C=O) groups is 1. The third-order valence-electron chi connectivity index (χ3n) is 5.33. The first-order valence-electron chi connectivity index (χ1n) is 10.2. The van der Waals surface area contributed by atoms with Crippen molar-refractivity contribution in [2.45, 2.75) is 13.8 Å². The molecule has 0 aliphatic carbocycles. The maximum atomic E-state index is 14.6. The summed E-state index contributed by atoms with van der Waals surface area (Å²) in [7, 11) is 0. The molecular weight excluding hydrogens is 417 g/mol. The van der Waals surface area contributed by atoms with Crippen molar-refractivity contribution in [2.24, 2.45) is 5.92 Å². The summed E-state index contributed by atoms with van der Waals surface area (Å²) < 4.78 is 14.6. The molecule has 0 bridgehead atoms. The number of nitrogens with zero attached hydrogens (tertiary/aromatic N) is 5. The first-order chi connectivity index (χ1) is 14.9. The van der Waals surface area contributed by atoms with E-state index in [1.807, 2.05) is 35.8 Å². The molecule has 1 saturated heterocycles. The Bertz CT molecular complexity index is 1080. The number of piperazine rings is 1. The molecule has 0 atom stereocenters. The Kier molecular flexibility index (Phi) is 6.13. The van der Waals surface area contributed by atoms with E-state index < -0.39 is 5.82 Å². The van der Waals surface area contributed by atoms with Crippen LogP contribution in [0.5, 0.6) is 0 Å². The Labute approximate surface area is 185 Å². The zero-order valence-corrected chi connectivity index (χ0v) is 18.2. The molecule has 0 radical (unpaired) electrons. The number of benzene rings is 1. The van der Waals surface area contributed by atoms with Crippen LogP contribution in [0.4, 0.5) is 10.3 Å². The quantitative estimate of drug-likeness (QED) is 0.606. The number of anilines is 1. The zero-order valence-electron chi connectivity index (χ0n) is 17.4. The number of carbonyl (C=O) groups excluding carboxylic acids is 1. The first kappa shape index (κ1) is 21.2. The minimum absolute atomic E-state index is 0.0253. The molecule has 0 saturated carbocycles. The Morgan fingerprint density at radius 1 is 1.03 bits per heavy atom. The van der Waals surface area contributed by atoms with E-state index in [9.17, 15) is 9.18 Å². The summed E-state index contributed by atoms with van der Waals surface area (Å²) >= 11 is 6.03. The van der Waals surface area contributed by atoms with Crippen molar-refractivity contribution in [3.63, 3.8) is 0 Å². The second-order valence-electron chi connectivity index (χ2n) is 7.76. The minimum Gasteiger partial charge on any atom is -0.339 e. The Balaban J connectivity index is 1.69. The van der Waals surface area contributed by atoms with Crippen molar-refractivity contribution < 1.29 is 9.18 Å². The lowest BCUT2D eigenvalue weighted by atomic mass is 10.0. The minimum atomic E-state index is -0.449. The van der Waals surface area contributed by atoms with Crippen molar-refractivity contribution in [3.05, 3.63) is 59.8 Å². The van der Waals surface area contributed by atoms with Crippen LogP contribution in [0.1, 0.15) is 13.8 Å². The van der Waals surface area contributed by atoms with Crippen LogP contribution in [0.3, 0.4) is 0 Å². The molecule has 0 unspecified atom stereocenters. The van der Waals surface area contributed by atoms with Crippen LogP contribution >= 0.6 is 11.6 Å². The van der Waals surface area contributed by atoms with Gasteiger partial charge in [-0.2, -0.15) is 0 Å². The van der Waals surface area contributed by atoms with E-state index in [0.717, 1.165) is 5.56 Å². The van der Waals surface area contributed by atoms with E-state index in [2.05, 4.69) is 9.97 Å². The van der Waals surface area contributed by atoms with E-state index in [4.69, 9.17) is 16.6 Å². The summed E-state index contributed by atoms with van der Waals surface area (Å²) in [5.74, 6) is 0.191. The summed E-state index contributed by atoms with van der Waals surface area (Å²) in [5, 5.41) is 0.617. The Morgan fingerprint density at radius 3 is 2.39 bits per heavy atom. The van der Waals surface area contributed by atoms with Gasteiger partial charge in [-0.3, -0.25) is 9.78 Å². The van der Waals surface area contributed by atoms with Gasteiger partial charge in [-0.15, -0.1) is 0 Å². The van der Waals surface area contributed by atoms with Crippen LogP contribution < -0.4 is 4.90 Å². The highest BCUT2D eigenvalue weighted by atomic mass is 35.5. The third kappa shape index (κ3) is 4.51. The van der Waals surface area contributed by atoms with Gasteiger partial charge in [-0.1, -0.05) is 37.6 Å². The lowest BCUT2D eigenvalue weighted by Crippen LogP contribution is -2.50. The number of halogens is 2. The van der Waals surface area contributed by atoms with Gasteiger partial charge < -0.3 is 9.80 Å². The highest BCUT2D eigenvalue weighted by Gasteiger charge is 2.25. The Morgan fingerprint density at radius 2 is 1.74 bits per heavy atom. The lowest BCUT2D eigenvalue weighted by molar-refractivity contribution is -0.134. The van der Waals surface area contributed by atoms with Gasteiger partial charge in [-0.05, 0) is 23.8 Å². The van der Waals surface area contributed by atoms with Crippen LogP contribution in [-0.2, 0) is 4.79 Å². The fourth-order valence-electron chi connectivity index (χ4n) is 3.63.